The molecule has 0 bridgehead atoms. The van der Waals surface area contributed by atoms with Gasteiger partial charge in [0, 0.05) is 0 Å². The quantitative estimate of drug-likeness (QED) is 0.549. The maximum absolute atomic E-state index is 5.01. The number of hydrogen-bond donors (Lipinski definition) is 2. The molecule has 2 nitrogen and oxygen atoms in total. The van der Waals surface area contributed by atoms with Gasteiger partial charge in [0.05, 0.1) is 0 Å². The van der Waals surface area contributed by atoms with Crippen LogP contribution in [0.3, 0.4) is 0 Å². The molecule has 88 valence electrons. The number of halogens is 4. The summed E-state index contributed by atoms with van der Waals surface area (Å²) in [6.07, 6.45) is 6.00. The summed E-state index contributed by atoms with van der Waals surface area (Å²) in [5.74, 6) is 0. The van der Waals surface area contributed by atoms with Crippen LogP contribution in [0.4, 0.5) is 0 Å². The minimum atomic E-state index is -3.06. The predicted octanol–water partition coefficient (Wildman–Crippen LogP) is 3.79. The van der Waals surface area contributed by atoms with Crippen LogP contribution in [0.25, 0.3) is 0 Å². The molecule has 0 atom stereocenters. The first-order chi connectivity index (χ1) is 6.00. The third-order valence-corrected chi connectivity index (χ3v) is 1.000. The van der Waals surface area contributed by atoms with Crippen LogP contribution in [0.2, 0.25) is 0 Å². The summed E-state index contributed by atoms with van der Waals surface area (Å²) in [6.45, 7) is 0. The van der Waals surface area contributed by atoms with E-state index in [1.54, 1.807) is 0 Å². The summed E-state index contributed by atoms with van der Waals surface area (Å²) >= 11 is -3.06. The second-order valence-electron chi connectivity index (χ2n) is 1.69. The van der Waals surface area contributed by atoms with E-state index in [4.69, 9.17) is 37.7 Å². The van der Waals surface area contributed by atoms with E-state index in [1.807, 2.05) is 0 Å². The van der Waals surface area contributed by atoms with E-state index in [9.17, 15) is 0 Å². The Morgan fingerprint density at radius 2 is 0.769 bits per heavy atom. The van der Waals surface area contributed by atoms with Crippen molar-refractivity contribution in [1.82, 2.24) is 0 Å². The third-order valence-electron chi connectivity index (χ3n) is 1.000. The second-order valence-corrected chi connectivity index (χ2v) is 21.4. The van der Waals surface area contributed by atoms with Crippen molar-refractivity contribution in [2.45, 2.75) is 25.7 Å². The van der Waals surface area contributed by atoms with Crippen molar-refractivity contribution in [1.29, 1.82) is 0 Å². The Morgan fingerprint density at radius 1 is 0.692 bits per heavy atom. The first-order valence-corrected chi connectivity index (χ1v) is 14.6. The van der Waals surface area contributed by atoms with Crippen LogP contribution < -0.4 is 11.5 Å². The molecule has 0 aromatic rings. The van der Waals surface area contributed by atoms with E-state index in [0.29, 0.717) is 0 Å². The van der Waals surface area contributed by atoms with Gasteiger partial charge in [-0.3, -0.25) is 14.1 Å². The first kappa shape index (κ1) is 20.2. The molecular weight excluding hydrogens is 437 g/mol. The molecule has 13 heavy (non-hydrogen) atoms. The van der Waals surface area contributed by atoms with E-state index in [2.05, 4.69) is 25.6 Å². The molecule has 1 rings (SSSR count). The zero-order valence-electron chi connectivity index (χ0n) is 7.23. The molecule has 1 saturated carbocycles. The SMILES string of the molecule is C1CCC1.[CH2-]N.[CH2-]N.[Cl][Pt+2]([Cl])([Cl])[Cl]. The fraction of sp³-hybridized carbons (Fsp3) is 0.667. The summed E-state index contributed by atoms with van der Waals surface area (Å²) in [4.78, 5) is 0. The van der Waals surface area contributed by atoms with Crippen LogP contribution in [0.15, 0.2) is 0 Å². The van der Waals surface area contributed by atoms with Gasteiger partial charge in [0.15, 0.2) is 0 Å². The number of nitrogens with two attached hydrogens (primary N) is 2. The zero-order chi connectivity index (χ0) is 11.3. The Balaban J connectivity index is -0.000000113. The predicted molar refractivity (Wildman–Crippen MR) is 61.0 cm³/mol. The zero-order valence-corrected chi connectivity index (χ0v) is 12.5. The molecule has 0 aliphatic heterocycles. The van der Waals surface area contributed by atoms with Gasteiger partial charge in [0.25, 0.3) is 0 Å². The first-order valence-electron chi connectivity index (χ1n) is 3.29. The summed E-state index contributed by atoms with van der Waals surface area (Å²) in [7, 11) is 25.5. The van der Waals surface area contributed by atoms with E-state index >= 15 is 0 Å². The molecule has 1 aliphatic carbocycles. The Labute approximate surface area is 100 Å². The minimum absolute atomic E-state index is 1.50. The van der Waals surface area contributed by atoms with E-state index in [0.717, 1.165) is 0 Å². The maximum atomic E-state index is 5.01. The standard InChI is InChI=1S/C4H8.2CH4N.4ClH.Pt/c1-2-4-3-1;2*1-2;;;;;/h1-4H2;2*1-2H2;4*1H;/q;2*-1;;;;;+6/p-4. The van der Waals surface area contributed by atoms with Gasteiger partial charge < -0.3 is 11.5 Å². The molecule has 0 spiro atoms. The van der Waals surface area contributed by atoms with Crippen LogP contribution in [0.5, 0.6) is 0 Å². The van der Waals surface area contributed by atoms with Crippen molar-refractivity contribution in [3.05, 3.63) is 14.1 Å². The number of rotatable bonds is 0. The van der Waals surface area contributed by atoms with Crippen LogP contribution in [0.1, 0.15) is 25.7 Å². The van der Waals surface area contributed by atoms with Gasteiger partial charge in [-0.05, 0) is 0 Å². The third kappa shape index (κ3) is 57.3. The van der Waals surface area contributed by atoms with Gasteiger partial charge in [-0.1, -0.05) is 25.7 Å². The molecule has 1 fully saturated rings. The molecule has 0 saturated heterocycles. The summed E-state index contributed by atoms with van der Waals surface area (Å²) in [5.41, 5.74) is 8.50. The van der Waals surface area contributed by atoms with E-state index in [-0.39, 0.29) is 0 Å². The second kappa shape index (κ2) is 16.2. The van der Waals surface area contributed by atoms with Crippen molar-refractivity contribution in [3.8, 4) is 0 Å². The average Bonchev–Trinajstić information content (AvgIpc) is 1.88. The monoisotopic (exact) mass is 451 g/mol. The molecular formula is C6H16Cl4N2Pt. The molecule has 7 heteroatoms. The van der Waals surface area contributed by atoms with Crippen LogP contribution in [0, 0.1) is 14.1 Å². The molecule has 1 aliphatic rings. The van der Waals surface area contributed by atoms with Crippen molar-refractivity contribution < 1.29 is 11.9 Å². The molecule has 0 unspecified atom stereocenters. The summed E-state index contributed by atoms with van der Waals surface area (Å²) in [6, 6.07) is 0. The Hall–Kier alpha value is 1.77. The van der Waals surface area contributed by atoms with Crippen molar-refractivity contribution >= 4 is 37.7 Å². The van der Waals surface area contributed by atoms with Gasteiger partial charge in [-0.25, -0.2) is 0 Å². The van der Waals surface area contributed by atoms with E-state index < -0.39 is 11.9 Å². The number of hydrogen-bond acceptors (Lipinski definition) is 2. The fourth-order valence-corrected chi connectivity index (χ4v) is 0.250. The molecule has 4 N–H and O–H groups in total. The van der Waals surface area contributed by atoms with Gasteiger partial charge in [-0.2, -0.15) is 0 Å². The Morgan fingerprint density at radius 3 is 0.769 bits per heavy atom. The van der Waals surface area contributed by atoms with Crippen molar-refractivity contribution in [3.63, 3.8) is 0 Å². The van der Waals surface area contributed by atoms with Gasteiger partial charge >= 0.3 is 49.6 Å². The molecule has 0 aromatic carbocycles. The van der Waals surface area contributed by atoms with Crippen molar-refractivity contribution in [2.75, 3.05) is 0 Å². The molecule has 0 aromatic heterocycles. The molecule has 0 radical (unpaired) electrons. The fourth-order valence-electron chi connectivity index (χ4n) is 0.250. The molecule has 0 amide bonds. The van der Waals surface area contributed by atoms with Crippen molar-refractivity contribution in [2.24, 2.45) is 11.5 Å². The normalized spacial score (nSPS) is 14.2. The Kier molecular flexibility index (Phi) is 25.2. The summed E-state index contributed by atoms with van der Waals surface area (Å²) in [5, 5.41) is 0. The summed E-state index contributed by atoms with van der Waals surface area (Å²) < 4.78 is 0. The van der Waals surface area contributed by atoms with Gasteiger partial charge in [0.2, 0.25) is 0 Å². The van der Waals surface area contributed by atoms with Crippen LogP contribution in [-0.2, 0) is 11.9 Å². The Bertz CT molecular complexity index is 65.5. The van der Waals surface area contributed by atoms with Crippen LogP contribution >= 0.6 is 37.7 Å². The average molecular weight is 453 g/mol. The molecule has 0 heterocycles. The van der Waals surface area contributed by atoms with Crippen LogP contribution in [-0.4, -0.2) is 0 Å². The van der Waals surface area contributed by atoms with Gasteiger partial charge in [0.1, 0.15) is 0 Å². The van der Waals surface area contributed by atoms with Gasteiger partial charge in [-0.15, -0.1) is 0 Å². The topological polar surface area (TPSA) is 52.0 Å². The van der Waals surface area contributed by atoms with E-state index in [1.165, 1.54) is 25.7 Å².